The molecule has 3 rings (SSSR count). The number of benzene rings is 2. The number of nitrogens with two attached hydrogens (primary N) is 1. The van der Waals surface area contributed by atoms with E-state index in [1.54, 1.807) is 18.4 Å². The van der Waals surface area contributed by atoms with E-state index in [9.17, 15) is 0 Å². The van der Waals surface area contributed by atoms with Gasteiger partial charge in [-0.3, -0.25) is 0 Å². The highest BCUT2D eigenvalue weighted by molar-refractivity contribution is 7.18. The molecule has 1 aromatic heterocycles. The monoisotopic (exact) mass is 298 g/mol. The third kappa shape index (κ3) is 3.06. The summed E-state index contributed by atoms with van der Waals surface area (Å²) in [5, 5.41) is 0.972. The van der Waals surface area contributed by atoms with E-state index in [2.05, 4.69) is 36.2 Å². The molecule has 0 amide bonds. The molecular formula is C17H18N2OS. The van der Waals surface area contributed by atoms with Crippen LogP contribution >= 0.6 is 11.3 Å². The Kier molecular flexibility index (Phi) is 3.90. The highest BCUT2D eigenvalue weighted by atomic mass is 32.1. The lowest BCUT2D eigenvalue weighted by molar-refractivity contribution is 0.415. The van der Waals surface area contributed by atoms with Crippen LogP contribution < -0.4 is 10.5 Å². The number of methoxy groups -OCH3 is 1. The smallest absolute Gasteiger partial charge is 0.120 e. The molecule has 0 spiro atoms. The summed E-state index contributed by atoms with van der Waals surface area (Å²) >= 11 is 1.64. The lowest BCUT2D eigenvalue weighted by Crippen LogP contribution is -2.12. The van der Waals surface area contributed by atoms with Crippen LogP contribution in [0.3, 0.4) is 0 Å². The fourth-order valence-electron chi connectivity index (χ4n) is 2.39. The van der Waals surface area contributed by atoms with Crippen LogP contribution in [0.5, 0.6) is 5.75 Å². The number of ether oxygens (including phenoxy) is 1. The fourth-order valence-corrected chi connectivity index (χ4v) is 3.39. The van der Waals surface area contributed by atoms with Crippen molar-refractivity contribution in [2.75, 3.05) is 7.11 Å². The largest absolute Gasteiger partial charge is 0.497 e. The van der Waals surface area contributed by atoms with Gasteiger partial charge in [0.2, 0.25) is 0 Å². The Bertz CT molecular complexity index is 766. The van der Waals surface area contributed by atoms with Gasteiger partial charge in [-0.25, -0.2) is 4.98 Å². The van der Waals surface area contributed by atoms with Gasteiger partial charge in [0, 0.05) is 0 Å². The maximum absolute atomic E-state index is 6.33. The van der Waals surface area contributed by atoms with Gasteiger partial charge in [0.15, 0.2) is 0 Å². The number of fused-ring (bicyclic) bond motifs is 1. The van der Waals surface area contributed by atoms with Crippen LogP contribution in [0, 0.1) is 6.92 Å². The fraction of sp³-hybridized carbons (Fsp3) is 0.235. The summed E-state index contributed by atoms with van der Waals surface area (Å²) in [6.45, 7) is 2.10. The zero-order valence-corrected chi connectivity index (χ0v) is 13.0. The van der Waals surface area contributed by atoms with Gasteiger partial charge in [-0.2, -0.15) is 0 Å². The van der Waals surface area contributed by atoms with Crippen molar-refractivity contribution in [2.45, 2.75) is 19.4 Å². The molecule has 0 radical (unpaired) electrons. The van der Waals surface area contributed by atoms with Crippen molar-refractivity contribution >= 4 is 21.6 Å². The average molecular weight is 298 g/mol. The van der Waals surface area contributed by atoms with E-state index in [1.165, 1.54) is 11.1 Å². The summed E-state index contributed by atoms with van der Waals surface area (Å²) in [7, 11) is 1.67. The number of thiazole rings is 1. The van der Waals surface area contributed by atoms with Crippen LogP contribution in [-0.2, 0) is 6.42 Å². The summed E-state index contributed by atoms with van der Waals surface area (Å²) in [6.07, 6.45) is 0.804. The maximum Gasteiger partial charge on any atom is 0.120 e. The zero-order chi connectivity index (χ0) is 14.8. The lowest BCUT2D eigenvalue weighted by atomic mass is 10.0. The summed E-state index contributed by atoms with van der Waals surface area (Å²) in [4.78, 5) is 4.64. The van der Waals surface area contributed by atoms with E-state index in [4.69, 9.17) is 10.5 Å². The standard InChI is InChI=1S/C17H18N2OS/c1-11-4-3-5-12(8-11)9-14(18)17-19-15-7-6-13(20-2)10-16(15)21-17/h3-8,10,14H,9,18H2,1-2H3. The second-order valence-electron chi connectivity index (χ2n) is 5.19. The normalized spacial score (nSPS) is 12.5. The van der Waals surface area contributed by atoms with E-state index in [1.807, 2.05) is 18.2 Å². The Morgan fingerprint density at radius 2 is 2.10 bits per heavy atom. The molecule has 108 valence electrons. The molecule has 3 aromatic rings. The van der Waals surface area contributed by atoms with Crippen molar-refractivity contribution in [1.29, 1.82) is 0 Å². The topological polar surface area (TPSA) is 48.1 Å². The molecule has 1 atom stereocenters. The summed E-state index contributed by atoms with van der Waals surface area (Å²) in [5.74, 6) is 0.852. The van der Waals surface area contributed by atoms with Crippen LogP contribution in [0.1, 0.15) is 22.2 Å². The van der Waals surface area contributed by atoms with Gasteiger partial charge < -0.3 is 10.5 Å². The Morgan fingerprint density at radius 3 is 2.86 bits per heavy atom. The van der Waals surface area contributed by atoms with Gasteiger partial charge in [-0.05, 0) is 37.1 Å². The molecule has 1 heterocycles. The predicted molar refractivity (Wildman–Crippen MR) is 88.0 cm³/mol. The SMILES string of the molecule is COc1ccc2nc(C(N)Cc3cccc(C)c3)sc2c1. The first-order chi connectivity index (χ1) is 10.2. The highest BCUT2D eigenvalue weighted by Gasteiger charge is 2.13. The molecule has 0 aliphatic heterocycles. The Balaban J connectivity index is 1.85. The quantitative estimate of drug-likeness (QED) is 0.795. The van der Waals surface area contributed by atoms with Crippen molar-refractivity contribution in [2.24, 2.45) is 5.73 Å². The minimum atomic E-state index is -0.0739. The van der Waals surface area contributed by atoms with Crippen LogP contribution in [0.15, 0.2) is 42.5 Å². The molecule has 0 aliphatic carbocycles. The number of aryl methyl sites for hydroxylation is 1. The highest BCUT2D eigenvalue weighted by Crippen LogP contribution is 2.29. The number of hydrogen-bond donors (Lipinski definition) is 1. The molecule has 21 heavy (non-hydrogen) atoms. The number of aromatic nitrogens is 1. The molecule has 0 saturated heterocycles. The molecule has 2 aromatic carbocycles. The van der Waals surface area contributed by atoms with Gasteiger partial charge in [0.05, 0.1) is 23.4 Å². The van der Waals surface area contributed by atoms with Gasteiger partial charge in [-0.1, -0.05) is 29.8 Å². The third-order valence-corrected chi connectivity index (χ3v) is 4.62. The van der Waals surface area contributed by atoms with Crippen molar-refractivity contribution in [3.63, 3.8) is 0 Å². The first-order valence-corrected chi connectivity index (χ1v) is 7.73. The van der Waals surface area contributed by atoms with E-state index < -0.39 is 0 Å². The second-order valence-corrected chi connectivity index (χ2v) is 6.25. The number of nitrogens with zero attached hydrogens (tertiary/aromatic N) is 1. The molecule has 4 heteroatoms. The molecule has 0 fully saturated rings. The lowest BCUT2D eigenvalue weighted by Gasteiger charge is -2.08. The number of hydrogen-bond acceptors (Lipinski definition) is 4. The second kappa shape index (κ2) is 5.84. The zero-order valence-electron chi connectivity index (χ0n) is 12.2. The minimum Gasteiger partial charge on any atom is -0.497 e. The molecule has 2 N–H and O–H groups in total. The summed E-state index contributed by atoms with van der Waals surface area (Å²) in [6, 6.07) is 14.3. The third-order valence-electron chi connectivity index (χ3n) is 3.47. The van der Waals surface area contributed by atoms with E-state index >= 15 is 0 Å². The van der Waals surface area contributed by atoms with Crippen molar-refractivity contribution < 1.29 is 4.74 Å². The van der Waals surface area contributed by atoms with Gasteiger partial charge in [0.25, 0.3) is 0 Å². The van der Waals surface area contributed by atoms with Crippen molar-refractivity contribution in [3.8, 4) is 5.75 Å². The maximum atomic E-state index is 6.33. The summed E-state index contributed by atoms with van der Waals surface area (Å²) in [5.41, 5.74) is 9.82. The van der Waals surface area contributed by atoms with Crippen LogP contribution in [0.25, 0.3) is 10.2 Å². The molecular weight excluding hydrogens is 280 g/mol. The Labute approximate surface area is 128 Å². The van der Waals surface area contributed by atoms with Crippen LogP contribution in [0.2, 0.25) is 0 Å². The molecule has 0 saturated carbocycles. The van der Waals surface area contributed by atoms with Gasteiger partial charge in [-0.15, -0.1) is 11.3 Å². The molecule has 0 bridgehead atoms. The van der Waals surface area contributed by atoms with E-state index in [0.29, 0.717) is 0 Å². The minimum absolute atomic E-state index is 0.0739. The molecule has 1 unspecified atom stereocenters. The first-order valence-electron chi connectivity index (χ1n) is 6.91. The summed E-state index contributed by atoms with van der Waals surface area (Å²) < 4.78 is 6.36. The number of rotatable bonds is 4. The van der Waals surface area contributed by atoms with Gasteiger partial charge >= 0.3 is 0 Å². The predicted octanol–water partition coefficient (Wildman–Crippen LogP) is 3.86. The van der Waals surface area contributed by atoms with Crippen molar-refractivity contribution in [3.05, 3.63) is 58.6 Å². The Morgan fingerprint density at radius 1 is 1.24 bits per heavy atom. The van der Waals surface area contributed by atoms with Crippen LogP contribution in [-0.4, -0.2) is 12.1 Å². The van der Waals surface area contributed by atoms with E-state index in [-0.39, 0.29) is 6.04 Å². The van der Waals surface area contributed by atoms with Crippen LogP contribution in [0.4, 0.5) is 0 Å². The van der Waals surface area contributed by atoms with Gasteiger partial charge in [0.1, 0.15) is 10.8 Å². The average Bonchev–Trinajstić information content (AvgIpc) is 2.90. The van der Waals surface area contributed by atoms with E-state index in [0.717, 1.165) is 27.4 Å². The molecule has 0 aliphatic rings. The Hall–Kier alpha value is -1.91. The first kappa shape index (κ1) is 14.0. The van der Waals surface area contributed by atoms with Crippen molar-refractivity contribution in [1.82, 2.24) is 4.98 Å². The molecule has 3 nitrogen and oxygen atoms in total.